The zero-order chi connectivity index (χ0) is 13.1. The van der Waals surface area contributed by atoms with Gasteiger partial charge in [0.2, 0.25) is 0 Å². The topological polar surface area (TPSA) is 43.0 Å². The number of morpholine rings is 1. The lowest BCUT2D eigenvalue weighted by Gasteiger charge is -2.29. The molecule has 108 valence electrons. The van der Waals surface area contributed by atoms with Gasteiger partial charge in [-0.25, -0.2) is 0 Å². The van der Waals surface area contributed by atoms with Crippen molar-refractivity contribution >= 4 is 0 Å². The van der Waals surface area contributed by atoms with E-state index in [-0.39, 0.29) is 0 Å². The Morgan fingerprint density at radius 2 is 2.00 bits per heavy atom. The van der Waals surface area contributed by atoms with Crippen molar-refractivity contribution in [1.29, 1.82) is 0 Å². The molecule has 0 aliphatic carbocycles. The third-order valence-electron chi connectivity index (χ3n) is 3.03. The zero-order valence-electron chi connectivity index (χ0n) is 11.8. The number of rotatable bonds is 10. The van der Waals surface area contributed by atoms with E-state index in [0.29, 0.717) is 19.3 Å². The number of hydrogen-bond acceptors (Lipinski definition) is 5. The number of hydrogen-bond donors (Lipinski definition) is 1. The predicted octanol–water partition coefficient (Wildman–Crippen LogP) is 0.350. The monoisotopic (exact) mass is 260 g/mol. The van der Waals surface area contributed by atoms with Gasteiger partial charge in [0.05, 0.1) is 26.4 Å². The molecule has 0 saturated carbocycles. The van der Waals surface area contributed by atoms with E-state index in [2.05, 4.69) is 17.1 Å². The first-order valence-corrected chi connectivity index (χ1v) is 6.93. The molecule has 1 atom stereocenters. The molecule has 0 aromatic heterocycles. The summed E-state index contributed by atoms with van der Waals surface area (Å²) >= 11 is 0. The van der Waals surface area contributed by atoms with E-state index in [1.165, 1.54) is 0 Å². The summed E-state index contributed by atoms with van der Waals surface area (Å²) < 4.78 is 15.7. The molecule has 1 heterocycles. The third kappa shape index (κ3) is 8.00. The van der Waals surface area contributed by atoms with Crippen LogP contribution in [0.1, 0.15) is 13.3 Å². The summed E-state index contributed by atoms with van der Waals surface area (Å²) in [5.74, 6) is 0. The van der Waals surface area contributed by atoms with Crippen LogP contribution in [-0.2, 0) is 14.2 Å². The van der Waals surface area contributed by atoms with Gasteiger partial charge >= 0.3 is 0 Å². The number of nitrogens with one attached hydrogen (secondary N) is 1. The number of nitrogens with zero attached hydrogens (tertiary/aromatic N) is 1. The molecule has 1 rings (SSSR count). The molecule has 0 aromatic rings. The van der Waals surface area contributed by atoms with Gasteiger partial charge in [0.25, 0.3) is 0 Å². The molecule has 5 heteroatoms. The molecule has 1 saturated heterocycles. The Morgan fingerprint density at radius 1 is 1.22 bits per heavy atom. The van der Waals surface area contributed by atoms with Crippen LogP contribution in [0.5, 0.6) is 0 Å². The first kappa shape index (κ1) is 15.9. The molecular formula is C13H28N2O3. The Morgan fingerprint density at radius 3 is 2.72 bits per heavy atom. The van der Waals surface area contributed by atoms with Crippen molar-refractivity contribution in [2.24, 2.45) is 0 Å². The second-order valence-electron chi connectivity index (χ2n) is 4.73. The highest BCUT2D eigenvalue weighted by Gasteiger charge is 2.12. The molecule has 0 bridgehead atoms. The number of ether oxygens (including phenoxy) is 3. The van der Waals surface area contributed by atoms with Gasteiger partial charge in [-0.15, -0.1) is 0 Å². The van der Waals surface area contributed by atoms with Crippen LogP contribution in [0.4, 0.5) is 0 Å². The van der Waals surface area contributed by atoms with Crippen molar-refractivity contribution < 1.29 is 14.2 Å². The average Bonchev–Trinajstić information content (AvgIpc) is 2.39. The van der Waals surface area contributed by atoms with Crippen LogP contribution < -0.4 is 5.32 Å². The summed E-state index contributed by atoms with van der Waals surface area (Å²) in [7, 11) is 1.69. The Hall–Kier alpha value is -0.200. The van der Waals surface area contributed by atoms with Crippen molar-refractivity contribution in [2.75, 3.05) is 66.3 Å². The summed E-state index contributed by atoms with van der Waals surface area (Å²) in [6, 6.07) is 0.530. The third-order valence-corrected chi connectivity index (χ3v) is 3.03. The van der Waals surface area contributed by atoms with Crippen LogP contribution in [0.2, 0.25) is 0 Å². The lowest BCUT2D eigenvalue weighted by Crippen LogP contribution is -2.44. The van der Waals surface area contributed by atoms with Crippen molar-refractivity contribution in [3.05, 3.63) is 0 Å². The lowest BCUT2D eigenvalue weighted by atomic mass is 10.2. The van der Waals surface area contributed by atoms with Gasteiger partial charge in [0, 0.05) is 39.4 Å². The Kier molecular flexibility index (Phi) is 9.42. The molecule has 1 aliphatic heterocycles. The van der Waals surface area contributed by atoms with E-state index in [1.807, 2.05) is 0 Å². The van der Waals surface area contributed by atoms with Gasteiger partial charge < -0.3 is 19.5 Å². The lowest BCUT2D eigenvalue weighted by molar-refractivity contribution is 0.0341. The van der Waals surface area contributed by atoms with Crippen LogP contribution in [0, 0.1) is 0 Å². The first-order valence-electron chi connectivity index (χ1n) is 6.93. The molecule has 0 radical (unpaired) electrons. The Bertz CT molecular complexity index is 187. The Labute approximate surface area is 111 Å². The SMILES string of the molecule is COCCOCCCNC(C)CN1CCOCC1. The maximum atomic E-state index is 5.41. The van der Waals surface area contributed by atoms with Gasteiger partial charge in [-0.1, -0.05) is 0 Å². The van der Waals surface area contributed by atoms with Crippen molar-refractivity contribution in [3.63, 3.8) is 0 Å². The molecule has 1 unspecified atom stereocenters. The van der Waals surface area contributed by atoms with E-state index in [4.69, 9.17) is 14.2 Å². The van der Waals surface area contributed by atoms with E-state index in [1.54, 1.807) is 7.11 Å². The molecule has 1 N–H and O–H groups in total. The Balaban J connectivity index is 1.88. The largest absolute Gasteiger partial charge is 0.382 e. The summed E-state index contributed by atoms with van der Waals surface area (Å²) in [4.78, 5) is 2.45. The second kappa shape index (κ2) is 10.7. The van der Waals surface area contributed by atoms with Crippen LogP contribution in [-0.4, -0.2) is 77.3 Å². The normalized spacial score (nSPS) is 19.0. The summed E-state index contributed by atoms with van der Waals surface area (Å²) in [6.07, 6.45) is 1.05. The van der Waals surface area contributed by atoms with Crippen LogP contribution in [0.25, 0.3) is 0 Å². The van der Waals surface area contributed by atoms with Crippen molar-refractivity contribution in [3.8, 4) is 0 Å². The molecule has 1 aliphatic rings. The smallest absolute Gasteiger partial charge is 0.0700 e. The summed E-state index contributed by atoms with van der Waals surface area (Å²) in [5, 5.41) is 3.53. The van der Waals surface area contributed by atoms with Crippen molar-refractivity contribution in [2.45, 2.75) is 19.4 Å². The maximum Gasteiger partial charge on any atom is 0.0700 e. The summed E-state index contributed by atoms with van der Waals surface area (Å²) in [6.45, 7) is 10.4. The first-order chi connectivity index (χ1) is 8.83. The van der Waals surface area contributed by atoms with E-state index in [9.17, 15) is 0 Å². The van der Waals surface area contributed by atoms with Gasteiger partial charge in [0.1, 0.15) is 0 Å². The molecule has 18 heavy (non-hydrogen) atoms. The molecule has 0 spiro atoms. The summed E-state index contributed by atoms with van der Waals surface area (Å²) in [5.41, 5.74) is 0. The molecule has 5 nitrogen and oxygen atoms in total. The highest BCUT2D eigenvalue weighted by atomic mass is 16.5. The van der Waals surface area contributed by atoms with Crippen LogP contribution >= 0.6 is 0 Å². The molecular weight excluding hydrogens is 232 g/mol. The number of methoxy groups -OCH3 is 1. The van der Waals surface area contributed by atoms with Crippen LogP contribution in [0.15, 0.2) is 0 Å². The van der Waals surface area contributed by atoms with Gasteiger partial charge in [-0.2, -0.15) is 0 Å². The van der Waals surface area contributed by atoms with E-state index >= 15 is 0 Å². The zero-order valence-corrected chi connectivity index (χ0v) is 11.8. The van der Waals surface area contributed by atoms with Crippen molar-refractivity contribution in [1.82, 2.24) is 10.2 Å². The highest BCUT2D eigenvalue weighted by Crippen LogP contribution is 1.98. The van der Waals surface area contributed by atoms with Gasteiger partial charge in [0.15, 0.2) is 0 Å². The minimum absolute atomic E-state index is 0.530. The fraction of sp³-hybridized carbons (Fsp3) is 1.00. The van der Waals surface area contributed by atoms with Crippen LogP contribution in [0.3, 0.4) is 0 Å². The minimum Gasteiger partial charge on any atom is -0.382 e. The predicted molar refractivity (Wildman–Crippen MR) is 72.0 cm³/mol. The highest BCUT2D eigenvalue weighted by molar-refractivity contribution is 4.69. The molecule has 1 fully saturated rings. The van der Waals surface area contributed by atoms with Gasteiger partial charge in [-0.05, 0) is 19.9 Å². The van der Waals surface area contributed by atoms with Gasteiger partial charge in [-0.3, -0.25) is 4.90 Å². The molecule has 0 aromatic carbocycles. The average molecular weight is 260 g/mol. The second-order valence-corrected chi connectivity index (χ2v) is 4.73. The fourth-order valence-corrected chi connectivity index (χ4v) is 2.00. The van der Waals surface area contributed by atoms with E-state index < -0.39 is 0 Å². The minimum atomic E-state index is 0.530. The standard InChI is InChI=1S/C13H28N2O3/c1-13(12-15-5-8-18-9-6-15)14-4-3-7-17-11-10-16-2/h13-14H,3-12H2,1-2H3. The van der Waals surface area contributed by atoms with E-state index in [0.717, 1.165) is 52.4 Å². The maximum absolute atomic E-state index is 5.41. The fourth-order valence-electron chi connectivity index (χ4n) is 2.00. The quantitative estimate of drug-likeness (QED) is 0.574. The molecule has 0 amide bonds.